The van der Waals surface area contributed by atoms with Crippen molar-refractivity contribution in [3.8, 4) is 0 Å². The van der Waals surface area contributed by atoms with Gasteiger partial charge in [-0.3, -0.25) is 9.59 Å². The van der Waals surface area contributed by atoms with Crippen LogP contribution in [0.1, 0.15) is 28.9 Å². The second-order valence-corrected chi connectivity index (χ2v) is 7.03. The van der Waals surface area contributed by atoms with E-state index >= 15 is 0 Å². The summed E-state index contributed by atoms with van der Waals surface area (Å²) in [6, 6.07) is 5.85. The lowest BCUT2D eigenvalue weighted by molar-refractivity contribution is -0.132. The zero-order chi connectivity index (χ0) is 19.0. The van der Waals surface area contributed by atoms with Crippen LogP contribution in [-0.4, -0.2) is 35.5 Å². The molecular formula is C20H21N3O4. The van der Waals surface area contributed by atoms with E-state index in [0.717, 1.165) is 29.4 Å². The van der Waals surface area contributed by atoms with Gasteiger partial charge in [0.1, 0.15) is 11.3 Å². The molecule has 1 aromatic carbocycles. The fourth-order valence-electron chi connectivity index (χ4n) is 3.49. The van der Waals surface area contributed by atoms with E-state index in [1.807, 2.05) is 0 Å². The van der Waals surface area contributed by atoms with Crippen molar-refractivity contribution in [1.29, 1.82) is 0 Å². The maximum Gasteiger partial charge on any atom is 0.245 e. The third-order valence-electron chi connectivity index (χ3n) is 4.91. The van der Waals surface area contributed by atoms with Crippen molar-refractivity contribution in [1.82, 2.24) is 10.1 Å². The maximum absolute atomic E-state index is 12.5. The number of benzene rings is 1. The average Bonchev–Trinajstić information content (AvgIpc) is 3.33. The van der Waals surface area contributed by atoms with Crippen LogP contribution in [0, 0.1) is 6.92 Å². The fourth-order valence-corrected chi connectivity index (χ4v) is 3.49. The number of anilines is 1. The monoisotopic (exact) mass is 367 g/mol. The highest BCUT2D eigenvalue weighted by molar-refractivity contribution is 5.95. The van der Waals surface area contributed by atoms with Crippen molar-refractivity contribution < 1.29 is 18.5 Å². The van der Waals surface area contributed by atoms with E-state index in [2.05, 4.69) is 22.6 Å². The molecular weight excluding hydrogens is 346 g/mol. The second kappa shape index (κ2) is 6.90. The average molecular weight is 367 g/mol. The Kier molecular flexibility index (Phi) is 4.43. The molecule has 2 heterocycles. The van der Waals surface area contributed by atoms with Crippen LogP contribution in [0.5, 0.6) is 0 Å². The molecule has 1 aliphatic rings. The van der Waals surface area contributed by atoms with Crippen molar-refractivity contribution in [2.45, 2.75) is 32.6 Å². The second-order valence-electron chi connectivity index (χ2n) is 7.03. The van der Waals surface area contributed by atoms with Gasteiger partial charge in [-0.05, 0) is 49.4 Å². The molecule has 2 amide bonds. The smallest absolute Gasteiger partial charge is 0.245 e. The quantitative estimate of drug-likeness (QED) is 0.749. The number of hydrogen-bond acceptors (Lipinski definition) is 5. The Morgan fingerprint density at radius 1 is 1.22 bits per heavy atom. The Bertz CT molecular complexity index is 1020. The summed E-state index contributed by atoms with van der Waals surface area (Å²) in [5.74, 6) is 0.472. The lowest BCUT2D eigenvalue weighted by atomic mass is 10.0. The van der Waals surface area contributed by atoms with Crippen molar-refractivity contribution in [2.75, 3.05) is 18.9 Å². The van der Waals surface area contributed by atoms with E-state index in [1.54, 1.807) is 26.3 Å². The van der Waals surface area contributed by atoms with Crippen molar-refractivity contribution in [3.05, 3.63) is 46.9 Å². The Labute approximate surface area is 156 Å². The van der Waals surface area contributed by atoms with Gasteiger partial charge in [0.25, 0.3) is 0 Å². The third-order valence-corrected chi connectivity index (χ3v) is 4.91. The normalized spacial score (nSPS) is 13.0. The first-order chi connectivity index (χ1) is 13.0. The molecule has 7 heteroatoms. The number of likely N-dealkylation sites (N-methyl/N-ethyl adjacent to an activating group) is 1. The highest BCUT2D eigenvalue weighted by atomic mass is 16.5. The number of nitrogens with zero attached hydrogens (tertiary/aromatic N) is 2. The summed E-state index contributed by atoms with van der Waals surface area (Å²) >= 11 is 0. The van der Waals surface area contributed by atoms with Crippen LogP contribution in [0.15, 0.2) is 33.4 Å². The molecule has 0 unspecified atom stereocenters. The molecule has 0 bridgehead atoms. The standard InChI is InChI=1S/C20H21N3O4/c1-12-6-18(22-27-12)21-19(24)10-23(2)20(25)9-15-11-26-17-8-14-5-3-4-13(14)7-16(15)17/h6-8,11H,3-5,9-10H2,1-2H3,(H,21,22,24). The molecule has 0 aliphatic heterocycles. The number of amides is 2. The van der Waals surface area contributed by atoms with Gasteiger partial charge < -0.3 is 19.2 Å². The maximum atomic E-state index is 12.5. The lowest BCUT2D eigenvalue weighted by Crippen LogP contribution is -2.35. The molecule has 0 saturated heterocycles. The third kappa shape index (κ3) is 3.58. The van der Waals surface area contributed by atoms with Gasteiger partial charge in [0.15, 0.2) is 5.82 Å². The number of aryl methyl sites for hydroxylation is 3. The molecule has 0 radical (unpaired) electrons. The first-order valence-corrected chi connectivity index (χ1v) is 8.98. The van der Waals surface area contributed by atoms with Crippen LogP contribution in [0.4, 0.5) is 5.82 Å². The highest BCUT2D eigenvalue weighted by Crippen LogP contribution is 2.30. The fraction of sp³-hybridized carbons (Fsp3) is 0.350. The highest BCUT2D eigenvalue weighted by Gasteiger charge is 2.19. The van der Waals surface area contributed by atoms with Gasteiger partial charge >= 0.3 is 0 Å². The zero-order valence-corrected chi connectivity index (χ0v) is 15.4. The molecule has 1 aliphatic carbocycles. The number of rotatable bonds is 5. The predicted octanol–water partition coefficient (Wildman–Crippen LogP) is 2.86. The molecule has 0 fully saturated rings. The molecule has 27 heavy (non-hydrogen) atoms. The predicted molar refractivity (Wildman–Crippen MR) is 99.4 cm³/mol. The van der Waals surface area contributed by atoms with Gasteiger partial charge in [-0.15, -0.1) is 0 Å². The molecule has 2 aromatic heterocycles. The minimum absolute atomic E-state index is 0.0596. The number of carbonyl (C=O) groups is 2. The number of aromatic nitrogens is 1. The molecule has 140 valence electrons. The summed E-state index contributed by atoms with van der Waals surface area (Å²) in [6.07, 6.45) is 5.16. The summed E-state index contributed by atoms with van der Waals surface area (Å²) in [4.78, 5) is 26.0. The number of fused-ring (bicyclic) bond motifs is 2. The molecule has 0 saturated carbocycles. The van der Waals surface area contributed by atoms with Crippen LogP contribution in [0.25, 0.3) is 11.0 Å². The number of carbonyl (C=O) groups excluding carboxylic acids is 2. The Balaban J connectivity index is 1.41. The summed E-state index contributed by atoms with van der Waals surface area (Å²) in [5.41, 5.74) is 4.35. The van der Waals surface area contributed by atoms with Crippen LogP contribution < -0.4 is 5.32 Å². The van der Waals surface area contributed by atoms with E-state index in [9.17, 15) is 9.59 Å². The first kappa shape index (κ1) is 17.3. The molecule has 7 nitrogen and oxygen atoms in total. The summed E-state index contributed by atoms with van der Waals surface area (Å²) in [5, 5.41) is 7.30. The van der Waals surface area contributed by atoms with Crippen molar-refractivity contribution >= 4 is 28.6 Å². The van der Waals surface area contributed by atoms with Gasteiger partial charge in [-0.2, -0.15) is 0 Å². The number of nitrogens with one attached hydrogen (secondary N) is 1. The minimum Gasteiger partial charge on any atom is -0.464 e. The molecule has 3 aromatic rings. The molecule has 4 rings (SSSR count). The Morgan fingerprint density at radius 3 is 2.74 bits per heavy atom. The van der Waals surface area contributed by atoms with Gasteiger partial charge in [-0.1, -0.05) is 5.16 Å². The van der Waals surface area contributed by atoms with Gasteiger partial charge in [0.05, 0.1) is 19.2 Å². The molecule has 0 spiro atoms. The van der Waals surface area contributed by atoms with Crippen LogP contribution in [0.2, 0.25) is 0 Å². The Morgan fingerprint density at radius 2 is 2.00 bits per heavy atom. The van der Waals surface area contributed by atoms with Crippen molar-refractivity contribution in [3.63, 3.8) is 0 Å². The van der Waals surface area contributed by atoms with E-state index in [1.165, 1.54) is 22.4 Å². The van der Waals surface area contributed by atoms with E-state index in [4.69, 9.17) is 8.94 Å². The first-order valence-electron chi connectivity index (χ1n) is 8.98. The number of furan rings is 1. The van der Waals surface area contributed by atoms with Crippen molar-refractivity contribution in [2.24, 2.45) is 0 Å². The zero-order valence-electron chi connectivity index (χ0n) is 15.4. The molecule has 0 atom stereocenters. The Hall–Kier alpha value is -3.09. The van der Waals surface area contributed by atoms with Crippen LogP contribution in [-0.2, 0) is 28.9 Å². The van der Waals surface area contributed by atoms with Gasteiger partial charge in [0, 0.05) is 24.1 Å². The minimum atomic E-state index is -0.325. The summed E-state index contributed by atoms with van der Waals surface area (Å²) in [6.45, 7) is 1.68. The topological polar surface area (TPSA) is 88.6 Å². The van der Waals surface area contributed by atoms with Gasteiger partial charge in [-0.25, -0.2) is 0 Å². The van der Waals surface area contributed by atoms with Crippen LogP contribution >= 0.6 is 0 Å². The van der Waals surface area contributed by atoms with Crippen LogP contribution in [0.3, 0.4) is 0 Å². The molecule has 1 N–H and O–H groups in total. The summed E-state index contributed by atoms with van der Waals surface area (Å²) < 4.78 is 10.6. The lowest BCUT2D eigenvalue weighted by Gasteiger charge is -2.16. The van der Waals surface area contributed by atoms with Gasteiger partial charge in [0.2, 0.25) is 11.8 Å². The summed E-state index contributed by atoms with van der Waals surface area (Å²) in [7, 11) is 1.61. The van der Waals surface area contributed by atoms with E-state index in [0.29, 0.717) is 11.6 Å². The largest absolute Gasteiger partial charge is 0.464 e. The SMILES string of the molecule is Cc1cc(NC(=O)CN(C)C(=O)Cc2coc3cc4c(cc23)CCC4)no1. The number of hydrogen-bond donors (Lipinski definition) is 1. The van der Waals surface area contributed by atoms with E-state index in [-0.39, 0.29) is 24.8 Å². The van der Waals surface area contributed by atoms with E-state index < -0.39 is 0 Å².